The number of nitrogens with zero attached hydrogens (tertiary/aromatic N) is 2. The van der Waals surface area contributed by atoms with E-state index in [0.717, 1.165) is 12.0 Å². The van der Waals surface area contributed by atoms with Gasteiger partial charge in [0.1, 0.15) is 0 Å². The van der Waals surface area contributed by atoms with Crippen LogP contribution in [0.4, 0.5) is 0 Å². The molecule has 3 rings (SSSR count). The molecule has 0 atom stereocenters. The molecule has 0 unspecified atom stereocenters. The predicted molar refractivity (Wildman–Crippen MR) is 101 cm³/mol. The van der Waals surface area contributed by atoms with Crippen LogP contribution in [0.25, 0.3) is 0 Å². The van der Waals surface area contributed by atoms with Crippen molar-refractivity contribution < 1.29 is 19.1 Å². The second-order valence-electron chi connectivity index (χ2n) is 6.06. The number of hydrogen-bond acceptors (Lipinski definition) is 5. The minimum atomic E-state index is -0.758. The van der Waals surface area contributed by atoms with Crippen LogP contribution in [-0.4, -0.2) is 43.7 Å². The van der Waals surface area contributed by atoms with Gasteiger partial charge in [0.2, 0.25) is 0 Å². The number of methoxy groups -OCH3 is 2. The second kappa shape index (κ2) is 8.35. The Morgan fingerprint density at radius 3 is 2.56 bits per heavy atom. The minimum Gasteiger partial charge on any atom is -0.493 e. The third-order valence-corrected chi connectivity index (χ3v) is 4.40. The van der Waals surface area contributed by atoms with Crippen LogP contribution in [0.2, 0.25) is 0 Å². The van der Waals surface area contributed by atoms with E-state index in [1.807, 2.05) is 24.3 Å². The zero-order chi connectivity index (χ0) is 19.2. The van der Waals surface area contributed by atoms with Crippen molar-refractivity contribution in [3.8, 4) is 11.5 Å². The summed E-state index contributed by atoms with van der Waals surface area (Å²) in [6, 6.07) is 13.1. The smallest absolute Gasteiger partial charge is 0.329 e. The molecule has 2 aromatic rings. The van der Waals surface area contributed by atoms with Crippen molar-refractivity contribution in [3.63, 3.8) is 0 Å². The van der Waals surface area contributed by atoms with Crippen molar-refractivity contribution in [3.05, 3.63) is 59.2 Å². The van der Waals surface area contributed by atoms with E-state index in [-0.39, 0.29) is 0 Å². The Kier molecular flexibility index (Phi) is 5.71. The van der Waals surface area contributed by atoms with Gasteiger partial charge in [0.25, 0.3) is 0 Å². The number of amides is 2. The van der Waals surface area contributed by atoms with Crippen molar-refractivity contribution in [1.29, 1.82) is 0 Å². The summed E-state index contributed by atoms with van der Waals surface area (Å²) in [4.78, 5) is 26.0. The number of hydrazone groups is 1. The normalized spacial score (nSPS) is 13.2. The molecule has 1 heterocycles. The molecule has 0 saturated carbocycles. The van der Waals surface area contributed by atoms with Gasteiger partial charge < -0.3 is 14.4 Å². The van der Waals surface area contributed by atoms with E-state index in [9.17, 15) is 9.59 Å². The Balaban J connectivity index is 1.59. The fraction of sp³-hybridized carbons (Fsp3) is 0.250. The first-order valence-corrected chi connectivity index (χ1v) is 8.53. The molecule has 0 fully saturated rings. The lowest BCUT2D eigenvalue weighted by Gasteiger charge is -2.27. The average Bonchev–Trinajstić information content (AvgIpc) is 2.72. The summed E-state index contributed by atoms with van der Waals surface area (Å²) in [5, 5.41) is 3.86. The van der Waals surface area contributed by atoms with E-state index in [1.165, 1.54) is 23.8 Å². The number of carbonyl (C=O) groups excluding carboxylic acids is 2. The summed E-state index contributed by atoms with van der Waals surface area (Å²) in [5.41, 5.74) is 5.27. The van der Waals surface area contributed by atoms with Gasteiger partial charge in [-0.15, -0.1) is 0 Å². The van der Waals surface area contributed by atoms with Crippen LogP contribution < -0.4 is 14.9 Å². The first-order chi connectivity index (χ1) is 13.1. The first kappa shape index (κ1) is 18.4. The second-order valence-corrected chi connectivity index (χ2v) is 6.06. The molecule has 7 nitrogen and oxygen atoms in total. The van der Waals surface area contributed by atoms with Gasteiger partial charge in [-0.3, -0.25) is 9.59 Å². The topological polar surface area (TPSA) is 80.2 Å². The Morgan fingerprint density at radius 1 is 1.07 bits per heavy atom. The highest BCUT2D eigenvalue weighted by molar-refractivity contribution is 6.35. The highest BCUT2D eigenvalue weighted by Gasteiger charge is 2.25. The molecule has 1 N–H and O–H groups in total. The van der Waals surface area contributed by atoms with Gasteiger partial charge in [0.05, 0.1) is 20.4 Å². The van der Waals surface area contributed by atoms with E-state index >= 15 is 0 Å². The quantitative estimate of drug-likeness (QED) is 0.507. The van der Waals surface area contributed by atoms with Crippen LogP contribution in [0.15, 0.2) is 47.6 Å². The van der Waals surface area contributed by atoms with Crippen molar-refractivity contribution >= 4 is 18.0 Å². The fourth-order valence-electron chi connectivity index (χ4n) is 2.96. The monoisotopic (exact) mass is 367 g/mol. The SMILES string of the molecule is COc1ccc(/C=N/NC(=O)C(=O)N2CCc3ccccc3C2)cc1OC. The molecule has 0 spiro atoms. The Hall–Kier alpha value is -3.35. The fourth-order valence-corrected chi connectivity index (χ4v) is 2.96. The molecular formula is C20H21N3O4. The van der Waals surface area contributed by atoms with Gasteiger partial charge in [0.15, 0.2) is 11.5 Å². The Morgan fingerprint density at radius 2 is 1.81 bits per heavy atom. The maximum atomic E-state index is 12.3. The van der Waals surface area contributed by atoms with Crippen LogP contribution >= 0.6 is 0 Å². The van der Waals surface area contributed by atoms with Crippen LogP contribution in [-0.2, 0) is 22.6 Å². The number of rotatable bonds is 4. The standard InChI is InChI=1S/C20H21N3O4/c1-26-17-8-7-14(11-18(17)27-2)12-21-22-19(24)20(25)23-10-9-15-5-3-4-6-16(15)13-23/h3-8,11-12H,9-10,13H2,1-2H3,(H,22,24)/b21-12+. The zero-order valence-electron chi connectivity index (χ0n) is 15.3. The minimum absolute atomic E-state index is 0.432. The van der Waals surface area contributed by atoms with Gasteiger partial charge >= 0.3 is 11.8 Å². The lowest BCUT2D eigenvalue weighted by atomic mass is 10.00. The third-order valence-electron chi connectivity index (χ3n) is 4.40. The van der Waals surface area contributed by atoms with Crippen LogP contribution in [0.1, 0.15) is 16.7 Å². The van der Waals surface area contributed by atoms with Crippen molar-refractivity contribution in [2.24, 2.45) is 5.10 Å². The number of benzene rings is 2. The van der Waals surface area contributed by atoms with E-state index in [2.05, 4.69) is 10.5 Å². The van der Waals surface area contributed by atoms with Crippen LogP contribution in [0.3, 0.4) is 0 Å². The number of nitrogens with one attached hydrogen (secondary N) is 1. The lowest BCUT2D eigenvalue weighted by molar-refractivity contribution is -0.146. The molecule has 1 aliphatic heterocycles. The molecule has 1 aliphatic rings. The average molecular weight is 367 g/mol. The number of fused-ring (bicyclic) bond motifs is 1. The summed E-state index contributed by atoms with van der Waals surface area (Å²) in [6.07, 6.45) is 2.18. The highest BCUT2D eigenvalue weighted by Crippen LogP contribution is 2.26. The highest BCUT2D eigenvalue weighted by atomic mass is 16.5. The summed E-state index contributed by atoms with van der Waals surface area (Å²) < 4.78 is 10.4. The zero-order valence-corrected chi connectivity index (χ0v) is 15.3. The predicted octanol–water partition coefficient (Wildman–Crippen LogP) is 1.74. The lowest BCUT2D eigenvalue weighted by Crippen LogP contribution is -2.43. The first-order valence-electron chi connectivity index (χ1n) is 8.53. The van der Waals surface area contributed by atoms with E-state index in [1.54, 1.807) is 25.3 Å². The molecule has 0 bridgehead atoms. The van der Waals surface area contributed by atoms with E-state index in [0.29, 0.717) is 30.2 Å². The van der Waals surface area contributed by atoms with Crippen molar-refractivity contribution in [1.82, 2.24) is 10.3 Å². The molecule has 0 radical (unpaired) electrons. The Labute approximate surface area is 157 Å². The molecule has 0 aliphatic carbocycles. The number of carbonyl (C=O) groups is 2. The van der Waals surface area contributed by atoms with Crippen molar-refractivity contribution in [2.75, 3.05) is 20.8 Å². The van der Waals surface area contributed by atoms with Crippen LogP contribution in [0, 0.1) is 0 Å². The van der Waals surface area contributed by atoms with Gasteiger partial charge in [0, 0.05) is 13.1 Å². The van der Waals surface area contributed by atoms with E-state index < -0.39 is 11.8 Å². The number of ether oxygens (including phenoxy) is 2. The van der Waals surface area contributed by atoms with Crippen LogP contribution in [0.5, 0.6) is 11.5 Å². The summed E-state index contributed by atoms with van der Waals surface area (Å²) in [6.45, 7) is 0.949. The maximum Gasteiger partial charge on any atom is 0.329 e. The van der Waals surface area contributed by atoms with Gasteiger partial charge in [-0.25, -0.2) is 5.43 Å². The molecule has 27 heavy (non-hydrogen) atoms. The molecular weight excluding hydrogens is 346 g/mol. The number of hydrogen-bond donors (Lipinski definition) is 1. The summed E-state index contributed by atoms with van der Waals surface area (Å²) in [7, 11) is 3.09. The molecule has 140 valence electrons. The van der Waals surface area contributed by atoms with Crippen molar-refractivity contribution in [2.45, 2.75) is 13.0 Å². The van der Waals surface area contributed by atoms with Gasteiger partial charge in [-0.1, -0.05) is 24.3 Å². The van der Waals surface area contributed by atoms with Gasteiger partial charge in [-0.2, -0.15) is 5.10 Å². The third kappa shape index (κ3) is 4.25. The molecule has 2 amide bonds. The summed E-state index contributed by atoms with van der Waals surface area (Å²) in [5.74, 6) is -0.199. The Bertz CT molecular complexity index is 879. The molecule has 0 aromatic heterocycles. The molecule has 7 heteroatoms. The molecule has 2 aromatic carbocycles. The summed E-state index contributed by atoms with van der Waals surface area (Å²) >= 11 is 0. The van der Waals surface area contributed by atoms with Gasteiger partial charge in [-0.05, 0) is 41.3 Å². The largest absolute Gasteiger partial charge is 0.493 e. The molecule has 0 saturated heterocycles. The maximum absolute atomic E-state index is 12.3. The van der Waals surface area contributed by atoms with E-state index in [4.69, 9.17) is 9.47 Å².